The molecule has 1 nitrogen and oxygen atoms in total. The zero-order chi connectivity index (χ0) is 14.8. The molecule has 2 N–H and O–H groups in total. The number of benzene rings is 1. The molecule has 0 saturated heterocycles. The fourth-order valence-electron chi connectivity index (χ4n) is 2.91. The van der Waals surface area contributed by atoms with Gasteiger partial charge in [-0.15, -0.1) is 0 Å². The first-order valence-electron chi connectivity index (χ1n) is 7.02. The highest BCUT2D eigenvalue weighted by Gasteiger charge is 2.35. The van der Waals surface area contributed by atoms with Gasteiger partial charge in [0.25, 0.3) is 0 Å². The fraction of sp³-hybridized carbons (Fsp3) is 0.600. The van der Waals surface area contributed by atoms with Crippen molar-refractivity contribution in [3.05, 3.63) is 35.1 Å². The van der Waals surface area contributed by atoms with Crippen LogP contribution in [0.3, 0.4) is 0 Å². The second-order valence-corrected chi connectivity index (χ2v) is 5.51. The smallest absolute Gasteiger partial charge is 0.324 e. The highest BCUT2D eigenvalue weighted by Crippen LogP contribution is 2.36. The summed E-state index contributed by atoms with van der Waals surface area (Å²) in [6.45, 7) is 0. The molecule has 1 aromatic carbocycles. The molecule has 112 valence electrons. The molecule has 1 aliphatic rings. The van der Waals surface area contributed by atoms with Crippen LogP contribution in [-0.4, -0.2) is 0 Å². The predicted molar refractivity (Wildman–Crippen MR) is 69.5 cm³/mol. The largest absolute Gasteiger partial charge is 0.419 e. The van der Waals surface area contributed by atoms with Crippen LogP contribution in [0, 0.1) is 11.7 Å². The molecule has 2 rings (SSSR count). The van der Waals surface area contributed by atoms with E-state index >= 15 is 0 Å². The Bertz CT molecular complexity index is 448. The molecule has 1 unspecified atom stereocenters. The Hall–Kier alpha value is -1.10. The van der Waals surface area contributed by atoms with Gasteiger partial charge >= 0.3 is 6.18 Å². The molecule has 1 saturated carbocycles. The minimum absolute atomic E-state index is 0.184. The molecular formula is C15H19F4N. The van der Waals surface area contributed by atoms with Crippen LogP contribution in [0.4, 0.5) is 17.6 Å². The lowest BCUT2D eigenvalue weighted by molar-refractivity contribution is -0.140. The normalized spacial score (nSPS) is 19.6. The SMILES string of the molecule is NC(c1ccc(F)c(C(F)(F)F)c1)C1CCCCCC1. The minimum Gasteiger partial charge on any atom is -0.324 e. The Labute approximate surface area is 116 Å². The first-order chi connectivity index (χ1) is 9.39. The number of hydrogen-bond donors (Lipinski definition) is 1. The van der Waals surface area contributed by atoms with Gasteiger partial charge in [-0.2, -0.15) is 13.2 Å². The molecule has 0 bridgehead atoms. The van der Waals surface area contributed by atoms with Crippen molar-refractivity contribution < 1.29 is 17.6 Å². The van der Waals surface area contributed by atoms with Crippen molar-refractivity contribution in [1.29, 1.82) is 0 Å². The monoisotopic (exact) mass is 289 g/mol. The summed E-state index contributed by atoms with van der Waals surface area (Å²) in [6.07, 6.45) is 1.61. The highest BCUT2D eigenvalue weighted by atomic mass is 19.4. The summed E-state index contributed by atoms with van der Waals surface area (Å²) in [7, 11) is 0. The summed E-state index contributed by atoms with van der Waals surface area (Å²) < 4.78 is 51.4. The Morgan fingerprint density at radius 3 is 2.20 bits per heavy atom. The Morgan fingerprint density at radius 1 is 1.05 bits per heavy atom. The summed E-state index contributed by atoms with van der Waals surface area (Å²) in [5.74, 6) is -1.06. The van der Waals surface area contributed by atoms with Gasteiger partial charge in [0.1, 0.15) is 5.82 Å². The van der Waals surface area contributed by atoms with Crippen molar-refractivity contribution in [3.63, 3.8) is 0 Å². The fourth-order valence-corrected chi connectivity index (χ4v) is 2.91. The van der Waals surface area contributed by atoms with Crippen molar-refractivity contribution in [3.8, 4) is 0 Å². The molecule has 0 heterocycles. The summed E-state index contributed by atoms with van der Waals surface area (Å²) in [5, 5.41) is 0. The standard InChI is InChI=1S/C15H19F4N/c16-13-8-7-11(9-12(13)15(17,18)19)14(20)10-5-3-1-2-4-6-10/h7-10,14H,1-6,20H2. The molecule has 5 heteroatoms. The lowest BCUT2D eigenvalue weighted by Gasteiger charge is -2.23. The van der Waals surface area contributed by atoms with Gasteiger partial charge in [0, 0.05) is 6.04 Å². The van der Waals surface area contributed by atoms with Gasteiger partial charge in [-0.25, -0.2) is 4.39 Å². The maximum absolute atomic E-state index is 13.3. The van der Waals surface area contributed by atoms with Crippen LogP contribution in [-0.2, 0) is 6.18 Å². The van der Waals surface area contributed by atoms with Crippen LogP contribution in [0.25, 0.3) is 0 Å². The van der Waals surface area contributed by atoms with E-state index in [1.54, 1.807) is 0 Å². The number of alkyl halides is 3. The molecular weight excluding hydrogens is 270 g/mol. The average molecular weight is 289 g/mol. The molecule has 1 fully saturated rings. The van der Waals surface area contributed by atoms with Crippen LogP contribution in [0.1, 0.15) is 55.7 Å². The zero-order valence-electron chi connectivity index (χ0n) is 11.2. The minimum atomic E-state index is -4.68. The maximum Gasteiger partial charge on any atom is 0.419 e. The quantitative estimate of drug-likeness (QED) is 0.613. The van der Waals surface area contributed by atoms with Gasteiger partial charge in [0.15, 0.2) is 0 Å². The molecule has 1 atom stereocenters. The van der Waals surface area contributed by atoms with E-state index in [0.29, 0.717) is 5.56 Å². The van der Waals surface area contributed by atoms with Crippen molar-refractivity contribution in [2.45, 2.75) is 50.7 Å². The number of rotatable bonds is 2. The van der Waals surface area contributed by atoms with Crippen LogP contribution in [0.5, 0.6) is 0 Å². The van der Waals surface area contributed by atoms with Crippen LogP contribution in [0.2, 0.25) is 0 Å². The third-order valence-electron chi connectivity index (χ3n) is 4.09. The van der Waals surface area contributed by atoms with E-state index in [9.17, 15) is 17.6 Å². The highest BCUT2D eigenvalue weighted by molar-refractivity contribution is 5.29. The van der Waals surface area contributed by atoms with Crippen molar-refractivity contribution in [1.82, 2.24) is 0 Å². The Kier molecular flexibility index (Phi) is 4.68. The molecule has 1 aromatic rings. The number of nitrogens with two attached hydrogens (primary N) is 1. The van der Waals surface area contributed by atoms with E-state index in [-0.39, 0.29) is 5.92 Å². The third kappa shape index (κ3) is 3.51. The lowest BCUT2D eigenvalue weighted by atomic mass is 9.87. The van der Waals surface area contributed by atoms with Gasteiger partial charge in [-0.1, -0.05) is 31.7 Å². The lowest BCUT2D eigenvalue weighted by Crippen LogP contribution is -2.22. The van der Waals surface area contributed by atoms with Gasteiger partial charge < -0.3 is 5.73 Å². The first-order valence-corrected chi connectivity index (χ1v) is 7.02. The molecule has 20 heavy (non-hydrogen) atoms. The molecule has 0 spiro atoms. The second kappa shape index (κ2) is 6.12. The Morgan fingerprint density at radius 2 is 1.65 bits per heavy atom. The van der Waals surface area contributed by atoms with Crippen molar-refractivity contribution in [2.24, 2.45) is 11.7 Å². The molecule has 0 amide bonds. The number of halogens is 4. The summed E-state index contributed by atoms with van der Waals surface area (Å²) in [4.78, 5) is 0. The van der Waals surface area contributed by atoms with Crippen LogP contribution in [0.15, 0.2) is 18.2 Å². The van der Waals surface area contributed by atoms with Crippen LogP contribution >= 0.6 is 0 Å². The van der Waals surface area contributed by atoms with E-state index in [4.69, 9.17) is 5.73 Å². The predicted octanol–water partition coefficient (Wildman–Crippen LogP) is 4.81. The van der Waals surface area contributed by atoms with Crippen molar-refractivity contribution in [2.75, 3.05) is 0 Å². The molecule has 0 radical (unpaired) electrons. The average Bonchev–Trinajstić information content (AvgIpc) is 2.66. The van der Waals surface area contributed by atoms with Gasteiger partial charge in [0.2, 0.25) is 0 Å². The summed E-state index contributed by atoms with van der Waals surface area (Å²) in [6, 6.07) is 2.66. The molecule has 0 aromatic heterocycles. The topological polar surface area (TPSA) is 26.0 Å². The Balaban J connectivity index is 2.23. The zero-order valence-corrected chi connectivity index (χ0v) is 11.2. The van der Waals surface area contributed by atoms with E-state index in [0.717, 1.165) is 50.7 Å². The first kappa shape index (κ1) is 15.3. The number of hydrogen-bond acceptors (Lipinski definition) is 1. The molecule has 0 aliphatic heterocycles. The summed E-state index contributed by atoms with van der Waals surface area (Å²) >= 11 is 0. The second-order valence-electron chi connectivity index (χ2n) is 5.51. The van der Waals surface area contributed by atoms with Gasteiger partial charge in [-0.05, 0) is 36.5 Å². The van der Waals surface area contributed by atoms with Gasteiger partial charge in [-0.3, -0.25) is 0 Å². The van der Waals surface area contributed by atoms with E-state index in [1.165, 1.54) is 6.07 Å². The van der Waals surface area contributed by atoms with Crippen molar-refractivity contribution >= 4 is 0 Å². The maximum atomic E-state index is 13.3. The summed E-state index contributed by atoms with van der Waals surface area (Å²) in [5.41, 5.74) is 5.27. The molecule has 1 aliphatic carbocycles. The van der Waals surface area contributed by atoms with E-state index in [1.807, 2.05) is 0 Å². The van der Waals surface area contributed by atoms with Crippen LogP contribution < -0.4 is 5.73 Å². The third-order valence-corrected chi connectivity index (χ3v) is 4.09. The van der Waals surface area contributed by atoms with E-state index in [2.05, 4.69) is 0 Å². The van der Waals surface area contributed by atoms with E-state index < -0.39 is 23.6 Å². The van der Waals surface area contributed by atoms with Gasteiger partial charge in [0.05, 0.1) is 5.56 Å².